The molecule has 80 valence electrons. The number of rotatable bonds is 2. The number of anilines is 1. The van der Waals surface area contributed by atoms with Crippen LogP contribution in [-0.4, -0.2) is 9.78 Å². The lowest BCUT2D eigenvalue weighted by atomic mass is 10.1. The van der Waals surface area contributed by atoms with Crippen molar-refractivity contribution in [3.63, 3.8) is 0 Å². The third-order valence-electron chi connectivity index (χ3n) is 2.49. The van der Waals surface area contributed by atoms with E-state index >= 15 is 0 Å². The topological polar surface area (TPSA) is 67.6 Å². The summed E-state index contributed by atoms with van der Waals surface area (Å²) in [7, 11) is 1.74. The zero-order valence-electron chi connectivity index (χ0n) is 9.01. The van der Waals surface area contributed by atoms with Crippen molar-refractivity contribution in [3.05, 3.63) is 47.2 Å². The van der Waals surface area contributed by atoms with Gasteiger partial charge in [0.05, 0.1) is 5.69 Å². The lowest BCUT2D eigenvalue weighted by molar-refractivity contribution is 0.759. The number of nitrogens with two attached hydrogens (primary N) is 1. The van der Waals surface area contributed by atoms with E-state index in [9.17, 15) is 0 Å². The Bertz CT molecular complexity index is 534. The summed E-state index contributed by atoms with van der Waals surface area (Å²) in [6, 6.07) is 12.0. The minimum Gasteiger partial charge on any atom is -0.383 e. The second-order valence-corrected chi connectivity index (χ2v) is 3.60. The van der Waals surface area contributed by atoms with Crippen LogP contribution in [0.3, 0.4) is 0 Å². The van der Waals surface area contributed by atoms with E-state index in [0.29, 0.717) is 17.8 Å². The molecule has 0 bridgehead atoms. The fraction of sp³-hybridized carbons (Fsp3) is 0.167. The van der Waals surface area contributed by atoms with Gasteiger partial charge in [0.1, 0.15) is 17.5 Å². The third-order valence-corrected chi connectivity index (χ3v) is 2.49. The first kappa shape index (κ1) is 10.2. The maximum Gasteiger partial charge on any atom is 0.139 e. The standard InChI is InChI=1S/C12H12N4/c1-16-12(14)10(8-13)11(15-16)7-9-5-3-2-4-6-9/h2-6H,7,14H2,1H3. The first-order valence-electron chi connectivity index (χ1n) is 4.97. The van der Waals surface area contributed by atoms with Crippen molar-refractivity contribution in [3.8, 4) is 6.07 Å². The van der Waals surface area contributed by atoms with Gasteiger partial charge < -0.3 is 5.73 Å². The van der Waals surface area contributed by atoms with Gasteiger partial charge in [0, 0.05) is 13.5 Å². The van der Waals surface area contributed by atoms with E-state index in [0.717, 1.165) is 11.3 Å². The Labute approximate surface area is 93.9 Å². The molecule has 0 saturated carbocycles. The highest BCUT2D eigenvalue weighted by Crippen LogP contribution is 2.17. The molecule has 0 amide bonds. The molecule has 2 rings (SSSR count). The van der Waals surface area contributed by atoms with Gasteiger partial charge in [0.15, 0.2) is 0 Å². The van der Waals surface area contributed by atoms with Crippen LogP contribution in [-0.2, 0) is 13.5 Å². The van der Waals surface area contributed by atoms with E-state index in [4.69, 9.17) is 11.0 Å². The summed E-state index contributed by atoms with van der Waals surface area (Å²) in [4.78, 5) is 0. The minimum absolute atomic E-state index is 0.424. The van der Waals surface area contributed by atoms with Crippen molar-refractivity contribution in [1.82, 2.24) is 9.78 Å². The van der Waals surface area contributed by atoms with Crippen LogP contribution in [0.2, 0.25) is 0 Å². The Kier molecular flexibility index (Phi) is 2.61. The summed E-state index contributed by atoms with van der Waals surface area (Å²) in [6.45, 7) is 0. The van der Waals surface area contributed by atoms with E-state index in [2.05, 4.69) is 11.2 Å². The fourth-order valence-electron chi connectivity index (χ4n) is 1.63. The molecule has 0 aliphatic carbocycles. The number of benzene rings is 1. The maximum atomic E-state index is 9.01. The monoisotopic (exact) mass is 212 g/mol. The zero-order chi connectivity index (χ0) is 11.5. The second kappa shape index (κ2) is 4.07. The van der Waals surface area contributed by atoms with Crippen LogP contribution >= 0.6 is 0 Å². The molecule has 0 spiro atoms. The molecule has 2 aromatic rings. The summed E-state index contributed by atoms with van der Waals surface area (Å²) in [6.07, 6.45) is 0.634. The molecular weight excluding hydrogens is 200 g/mol. The Balaban J connectivity index is 2.36. The highest BCUT2D eigenvalue weighted by Gasteiger charge is 2.13. The molecule has 4 heteroatoms. The summed E-state index contributed by atoms with van der Waals surface area (Å²) in [5, 5.41) is 13.3. The predicted octanol–water partition coefficient (Wildman–Crippen LogP) is 1.46. The third kappa shape index (κ3) is 1.75. The molecule has 0 radical (unpaired) electrons. The van der Waals surface area contributed by atoms with E-state index in [1.807, 2.05) is 30.3 Å². The molecule has 0 saturated heterocycles. The molecule has 1 aromatic heterocycles. The molecule has 1 aromatic carbocycles. The average molecular weight is 212 g/mol. The van der Waals surface area contributed by atoms with Crippen LogP contribution in [0.4, 0.5) is 5.82 Å². The van der Waals surface area contributed by atoms with Gasteiger partial charge in [-0.25, -0.2) is 0 Å². The number of nitrogen functional groups attached to an aromatic ring is 1. The Morgan fingerprint density at radius 3 is 2.69 bits per heavy atom. The van der Waals surface area contributed by atoms with E-state index in [1.165, 1.54) is 4.68 Å². The zero-order valence-corrected chi connectivity index (χ0v) is 9.01. The summed E-state index contributed by atoms with van der Waals surface area (Å²) in [5.74, 6) is 0.424. The van der Waals surface area contributed by atoms with Crippen molar-refractivity contribution >= 4 is 5.82 Å². The highest BCUT2D eigenvalue weighted by molar-refractivity contribution is 5.52. The first-order valence-corrected chi connectivity index (χ1v) is 4.97. The first-order chi connectivity index (χ1) is 7.72. The Morgan fingerprint density at radius 2 is 2.06 bits per heavy atom. The number of hydrogen-bond donors (Lipinski definition) is 1. The Hall–Kier alpha value is -2.28. The SMILES string of the molecule is Cn1nc(Cc2ccccc2)c(C#N)c1N. The van der Waals surface area contributed by atoms with Crippen LogP contribution in [0, 0.1) is 11.3 Å². The predicted molar refractivity (Wildman–Crippen MR) is 61.6 cm³/mol. The summed E-state index contributed by atoms with van der Waals surface area (Å²) >= 11 is 0. The minimum atomic E-state index is 0.424. The van der Waals surface area contributed by atoms with E-state index < -0.39 is 0 Å². The normalized spacial score (nSPS) is 10.0. The van der Waals surface area contributed by atoms with Gasteiger partial charge in [-0.1, -0.05) is 30.3 Å². The lowest BCUT2D eigenvalue weighted by Crippen LogP contribution is -1.98. The van der Waals surface area contributed by atoms with Gasteiger partial charge in [-0.3, -0.25) is 4.68 Å². The van der Waals surface area contributed by atoms with Gasteiger partial charge >= 0.3 is 0 Å². The largest absolute Gasteiger partial charge is 0.383 e. The smallest absolute Gasteiger partial charge is 0.139 e. The maximum absolute atomic E-state index is 9.01. The molecule has 1 heterocycles. The van der Waals surface area contributed by atoms with Crippen molar-refractivity contribution in [1.29, 1.82) is 5.26 Å². The highest BCUT2D eigenvalue weighted by atomic mass is 15.3. The van der Waals surface area contributed by atoms with Crippen molar-refractivity contribution in [2.24, 2.45) is 7.05 Å². The van der Waals surface area contributed by atoms with Crippen molar-refractivity contribution in [2.75, 3.05) is 5.73 Å². The number of aromatic nitrogens is 2. The molecule has 0 aliphatic rings. The van der Waals surface area contributed by atoms with Gasteiger partial charge in [-0.15, -0.1) is 0 Å². The van der Waals surface area contributed by atoms with Gasteiger partial charge in [-0.05, 0) is 5.56 Å². The average Bonchev–Trinajstić information content (AvgIpc) is 2.56. The molecular formula is C12H12N4. The van der Waals surface area contributed by atoms with Crippen LogP contribution < -0.4 is 5.73 Å². The van der Waals surface area contributed by atoms with Crippen LogP contribution in [0.5, 0.6) is 0 Å². The molecule has 0 aliphatic heterocycles. The summed E-state index contributed by atoms with van der Waals surface area (Å²) in [5.41, 5.74) is 8.08. The van der Waals surface area contributed by atoms with Gasteiger partial charge in [-0.2, -0.15) is 10.4 Å². The molecule has 0 unspecified atom stereocenters. The quantitative estimate of drug-likeness (QED) is 0.819. The number of aryl methyl sites for hydroxylation is 1. The molecule has 16 heavy (non-hydrogen) atoms. The lowest BCUT2D eigenvalue weighted by Gasteiger charge is -1.97. The van der Waals surface area contributed by atoms with Crippen molar-refractivity contribution in [2.45, 2.75) is 6.42 Å². The van der Waals surface area contributed by atoms with Gasteiger partial charge in [0.2, 0.25) is 0 Å². The molecule has 2 N–H and O–H groups in total. The summed E-state index contributed by atoms with van der Waals surface area (Å²) < 4.78 is 1.54. The molecule has 0 fully saturated rings. The van der Waals surface area contributed by atoms with Crippen LogP contribution in [0.25, 0.3) is 0 Å². The molecule has 0 atom stereocenters. The van der Waals surface area contributed by atoms with Gasteiger partial charge in [0.25, 0.3) is 0 Å². The molecule has 4 nitrogen and oxygen atoms in total. The second-order valence-electron chi connectivity index (χ2n) is 3.60. The number of hydrogen-bond acceptors (Lipinski definition) is 3. The fourth-order valence-corrected chi connectivity index (χ4v) is 1.63. The number of nitriles is 1. The van der Waals surface area contributed by atoms with Crippen LogP contribution in [0.1, 0.15) is 16.8 Å². The van der Waals surface area contributed by atoms with Crippen LogP contribution in [0.15, 0.2) is 30.3 Å². The van der Waals surface area contributed by atoms with Crippen molar-refractivity contribution < 1.29 is 0 Å². The van der Waals surface area contributed by atoms with E-state index in [1.54, 1.807) is 7.05 Å². The Morgan fingerprint density at radius 1 is 1.38 bits per heavy atom. The number of nitrogens with zero attached hydrogens (tertiary/aromatic N) is 3. The van der Waals surface area contributed by atoms with E-state index in [-0.39, 0.29) is 0 Å².